The zero-order chi connectivity index (χ0) is 16.3. The van der Waals surface area contributed by atoms with Gasteiger partial charge in [0, 0.05) is 17.1 Å². The number of carbonyl (C=O) groups excluding carboxylic acids is 2. The van der Waals surface area contributed by atoms with Crippen LogP contribution in [0.15, 0.2) is 28.2 Å². The number of amides is 2. The average Bonchev–Trinajstić information content (AvgIpc) is 2.73. The van der Waals surface area contributed by atoms with Crippen molar-refractivity contribution in [2.45, 2.75) is 18.6 Å². The highest BCUT2D eigenvalue weighted by Crippen LogP contribution is 2.27. The molecular formula is C13H14ClN5O2S. The molecule has 0 fully saturated rings. The first-order valence-corrected chi connectivity index (χ1v) is 7.55. The van der Waals surface area contributed by atoms with Gasteiger partial charge in [-0.15, -0.1) is 0 Å². The summed E-state index contributed by atoms with van der Waals surface area (Å²) < 4.78 is 0. The number of carbonyl (C=O) groups is 2. The monoisotopic (exact) mass is 339 g/mol. The summed E-state index contributed by atoms with van der Waals surface area (Å²) in [5.41, 5.74) is 11.9. The molecule has 0 saturated carbocycles. The first kappa shape index (κ1) is 16.3. The highest BCUT2D eigenvalue weighted by atomic mass is 35.5. The maximum absolute atomic E-state index is 12.1. The molecule has 22 heavy (non-hydrogen) atoms. The molecule has 0 bridgehead atoms. The van der Waals surface area contributed by atoms with Crippen molar-refractivity contribution in [3.63, 3.8) is 0 Å². The quantitative estimate of drug-likeness (QED) is 0.565. The summed E-state index contributed by atoms with van der Waals surface area (Å²) in [6.45, 7) is 1.85. The van der Waals surface area contributed by atoms with Crippen LogP contribution in [-0.4, -0.2) is 28.2 Å². The number of hydrogen-bond acceptors (Lipinski definition) is 4. The number of amidine groups is 1. The maximum atomic E-state index is 12.1. The zero-order valence-corrected chi connectivity index (χ0v) is 13.2. The fraction of sp³-hybridized carbons (Fsp3) is 0.231. The Morgan fingerprint density at radius 2 is 2.23 bits per heavy atom. The van der Waals surface area contributed by atoms with Gasteiger partial charge < -0.3 is 16.8 Å². The van der Waals surface area contributed by atoms with Gasteiger partial charge in [0.1, 0.15) is 5.25 Å². The molecule has 0 aromatic heterocycles. The summed E-state index contributed by atoms with van der Waals surface area (Å²) in [6.07, 6.45) is -0.0253. The van der Waals surface area contributed by atoms with Gasteiger partial charge in [0.15, 0.2) is 11.1 Å². The van der Waals surface area contributed by atoms with Crippen molar-refractivity contribution in [3.05, 3.63) is 28.8 Å². The minimum absolute atomic E-state index is 0.0253. The predicted octanol–water partition coefficient (Wildman–Crippen LogP) is 1.25. The molecule has 116 valence electrons. The van der Waals surface area contributed by atoms with E-state index in [-0.39, 0.29) is 23.5 Å². The van der Waals surface area contributed by atoms with Gasteiger partial charge in [-0.1, -0.05) is 29.4 Å². The van der Waals surface area contributed by atoms with Gasteiger partial charge in [-0.2, -0.15) is 9.98 Å². The van der Waals surface area contributed by atoms with Gasteiger partial charge in [-0.25, -0.2) is 0 Å². The molecule has 1 atom stereocenters. The molecule has 0 radical (unpaired) electrons. The van der Waals surface area contributed by atoms with Crippen LogP contribution in [0, 0.1) is 6.92 Å². The number of guanidine groups is 1. The summed E-state index contributed by atoms with van der Waals surface area (Å²) in [5.74, 6) is -0.918. The second-order valence-electron chi connectivity index (χ2n) is 4.59. The SMILES string of the molecule is Cc1ccc(Cl)cc1NC(=O)C[C@H]1SC(N=C(N)N)=NC1=O. The summed E-state index contributed by atoms with van der Waals surface area (Å²) in [6, 6.07) is 5.19. The number of thioether (sulfide) groups is 1. The highest BCUT2D eigenvalue weighted by molar-refractivity contribution is 8.15. The molecule has 7 nitrogen and oxygen atoms in total. The van der Waals surface area contributed by atoms with E-state index in [1.54, 1.807) is 18.2 Å². The van der Waals surface area contributed by atoms with E-state index in [1.807, 2.05) is 6.92 Å². The van der Waals surface area contributed by atoms with Crippen molar-refractivity contribution in [3.8, 4) is 0 Å². The third kappa shape index (κ3) is 4.22. The Morgan fingerprint density at radius 3 is 2.91 bits per heavy atom. The van der Waals surface area contributed by atoms with Crippen LogP contribution in [0.1, 0.15) is 12.0 Å². The Labute approximate surface area is 136 Å². The largest absolute Gasteiger partial charge is 0.370 e. The van der Waals surface area contributed by atoms with E-state index in [0.29, 0.717) is 10.7 Å². The lowest BCUT2D eigenvalue weighted by Gasteiger charge is -2.10. The van der Waals surface area contributed by atoms with Crippen molar-refractivity contribution < 1.29 is 9.59 Å². The van der Waals surface area contributed by atoms with E-state index in [9.17, 15) is 9.59 Å². The molecule has 0 spiro atoms. The summed E-state index contributed by atoms with van der Waals surface area (Å²) in [5, 5.41) is 2.79. The molecule has 1 aromatic rings. The Balaban J connectivity index is 1.98. The molecule has 1 heterocycles. The molecule has 9 heteroatoms. The van der Waals surface area contributed by atoms with Crippen LogP contribution in [-0.2, 0) is 9.59 Å². The third-order valence-electron chi connectivity index (χ3n) is 2.80. The summed E-state index contributed by atoms with van der Waals surface area (Å²) in [7, 11) is 0. The second kappa shape index (κ2) is 6.80. The highest BCUT2D eigenvalue weighted by Gasteiger charge is 2.30. The van der Waals surface area contributed by atoms with Crippen LogP contribution in [0.5, 0.6) is 0 Å². The van der Waals surface area contributed by atoms with Crippen LogP contribution in [0.3, 0.4) is 0 Å². The summed E-state index contributed by atoms with van der Waals surface area (Å²) >= 11 is 6.95. The van der Waals surface area contributed by atoms with Gasteiger partial charge in [-0.3, -0.25) is 9.59 Å². The number of halogens is 1. The van der Waals surface area contributed by atoms with Crippen LogP contribution < -0.4 is 16.8 Å². The normalized spacial score (nSPS) is 17.1. The molecule has 1 aliphatic rings. The number of hydrogen-bond donors (Lipinski definition) is 3. The number of nitrogens with one attached hydrogen (secondary N) is 1. The van der Waals surface area contributed by atoms with Crippen LogP contribution in [0.4, 0.5) is 5.69 Å². The fourth-order valence-corrected chi connectivity index (χ4v) is 2.88. The number of aryl methyl sites for hydroxylation is 1. The van der Waals surface area contributed by atoms with Gasteiger partial charge in [0.25, 0.3) is 5.91 Å². The maximum Gasteiger partial charge on any atom is 0.262 e. The minimum atomic E-state index is -0.627. The molecule has 5 N–H and O–H groups in total. The first-order chi connectivity index (χ1) is 10.3. The van der Waals surface area contributed by atoms with E-state index in [1.165, 1.54) is 0 Å². The molecular weight excluding hydrogens is 326 g/mol. The number of nitrogens with two attached hydrogens (primary N) is 2. The van der Waals surface area contributed by atoms with Crippen molar-refractivity contribution in [2.75, 3.05) is 5.32 Å². The Bertz CT molecular complexity index is 685. The topological polar surface area (TPSA) is 123 Å². The molecule has 1 aliphatic heterocycles. The standard InChI is InChI=1S/C13H14ClN5O2S/c1-6-2-3-7(14)4-8(6)17-10(20)5-9-11(21)18-13(22-9)19-12(15)16/h2-4,9H,5H2,1H3,(H,17,20)(H4,15,16,18,19,21)/t9-/m1/s1. The van der Waals surface area contributed by atoms with E-state index in [2.05, 4.69) is 15.3 Å². The van der Waals surface area contributed by atoms with E-state index in [4.69, 9.17) is 23.1 Å². The number of nitrogens with zero attached hydrogens (tertiary/aromatic N) is 2. The fourth-order valence-electron chi connectivity index (χ4n) is 1.76. The minimum Gasteiger partial charge on any atom is -0.370 e. The number of aliphatic imine (C=N–C) groups is 2. The first-order valence-electron chi connectivity index (χ1n) is 6.30. The van der Waals surface area contributed by atoms with Crippen molar-refractivity contribution in [2.24, 2.45) is 21.5 Å². The second-order valence-corrected chi connectivity index (χ2v) is 6.19. The van der Waals surface area contributed by atoms with Gasteiger partial charge in [0.2, 0.25) is 5.91 Å². The van der Waals surface area contributed by atoms with Gasteiger partial charge in [-0.05, 0) is 24.6 Å². The van der Waals surface area contributed by atoms with Crippen LogP contribution in [0.2, 0.25) is 5.02 Å². The van der Waals surface area contributed by atoms with Gasteiger partial charge >= 0.3 is 0 Å². The van der Waals surface area contributed by atoms with Crippen LogP contribution >= 0.6 is 23.4 Å². The molecule has 0 saturated heterocycles. The van der Waals surface area contributed by atoms with E-state index >= 15 is 0 Å². The predicted molar refractivity (Wildman–Crippen MR) is 89.1 cm³/mol. The molecule has 2 rings (SSSR count). The summed E-state index contributed by atoms with van der Waals surface area (Å²) in [4.78, 5) is 31.2. The lowest BCUT2D eigenvalue weighted by Crippen LogP contribution is -2.23. The van der Waals surface area contributed by atoms with Crippen molar-refractivity contribution in [1.29, 1.82) is 0 Å². The Morgan fingerprint density at radius 1 is 1.50 bits per heavy atom. The molecule has 0 unspecified atom stereocenters. The third-order valence-corrected chi connectivity index (χ3v) is 4.08. The number of benzene rings is 1. The number of anilines is 1. The van der Waals surface area contributed by atoms with Crippen molar-refractivity contribution >= 4 is 52.0 Å². The smallest absolute Gasteiger partial charge is 0.262 e. The van der Waals surface area contributed by atoms with E-state index in [0.717, 1.165) is 17.3 Å². The molecule has 2 amide bonds. The Kier molecular flexibility index (Phi) is 5.04. The van der Waals surface area contributed by atoms with E-state index < -0.39 is 11.2 Å². The molecule has 0 aliphatic carbocycles. The molecule has 1 aromatic carbocycles. The lowest BCUT2D eigenvalue weighted by atomic mass is 10.2. The number of rotatable bonds is 3. The van der Waals surface area contributed by atoms with Crippen LogP contribution in [0.25, 0.3) is 0 Å². The average molecular weight is 340 g/mol. The zero-order valence-electron chi connectivity index (χ0n) is 11.7. The lowest BCUT2D eigenvalue weighted by molar-refractivity contribution is -0.121. The Hall–Kier alpha value is -2.06. The van der Waals surface area contributed by atoms with Crippen molar-refractivity contribution in [1.82, 2.24) is 0 Å². The van der Waals surface area contributed by atoms with Gasteiger partial charge in [0.05, 0.1) is 0 Å².